The first-order valence-corrected chi connectivity index (χ1v) is 10.2. The second kappa shape index (κ2) is 9.07. The third kappa shape index (κ3) is 4.67. The molecule has 1 atom stereocenters. The summed E-state index contributed by atoms with van der Waals surface area (Å²) in [7, 11) is 1.62. The molecule has 0 aliphatic carbocycles. The van der Waals surface area contributed by atoms with Gasteiger partial charge in [0.15, 0.2) is 11.5 Å². The molecule has 1 saturated heterocycles. The molecule has 158 valence electrons. The summed E-state index contributed by atoms with van der Waals surface area (Å²) in [4.78, 5) is 27.1. The predicted octanol–water partition coefficient (Wildman–Crippen LogP) is 2.64. The lowest BCUT2D eigenvalue weighted by atomic mass is 9.97. The van der Waals surface area contributed by atoms with E-state index in [9.17, 15) is 9.59 Å². The average Bonchev–Trinajstić information content (AvgIpc) is 3.26. The lowest BCUT2D eigenvalue weighted by Gasteiger charge is -2.33. The van der Waals surface area contributed by atoms with Crippen LogP contribution in [0.5, 0.6) is 17.2 Å². The minimum absolute atomic E-state index is 0.0115. The van der Waals surface area contributed by atoms with Crippen LogP contribution in [0, 0.1) is 5.92 Å². The van der Waals surface area contributed by atoms with Gasteiger partial charge in [-0.15, -0.1) is 0 Å². The molecule has 2 aromatic rings. The van der Waals surface area contributed by atoms with E-state index in [4.69, 9.17) is 14.2 Å². The standard InChI is InChI=1S/C23H26N2O5/c1-28-19-7-4-16(5-8-19)11-22(26)24-13-17-3-2-10-25(14-17)23(27)18-6-9-20-21(12-18)30-15-29-20/h4-9,12,17H,2-3,10-11,13-15H2,1H3,(H,24,26)/t17-/m0/s1. The summed E-state index contributed by atoms with van der Waals surface area (Å²) in [5, 5.41) is 3.02. The van der Waals surface area contributed by atoms with E-state index in [-0.39, 0.29) is 24.5 Å². The Kier molecular flexibility index (Phi) is 6.07. The van der Waals surface area contributed by atoms with Gasteiger partial charge in [-0.2, -0.15) is 0 Å². The number of methoxy groups -OCH3 is 1. The molecule has 2 aliphatic heterocycles. The van der Waals surface area contributed by atoms with Crippen molar-refractivity contribution in [3.8, 4) is 17.2 Å². The SMILES string of the molecule is COc1ccc(CC(=O)NC[C@@H]2CCCN(C(=O)c3ccc4c(c3)OCO4)C2)cc1. The van der Waals surface area contributed by atoms with Gasteiger partial charge in [-0.05, 0) is 54.7 Å². The molecule has 0 bridgehead atoms. The lowest BCUT2D eigenvalue weighted by Crippen LogP contribution is -2.43. The van der Waals surface area contributed by atoms with E-state index in [1.54, 1.807) is 25.3 Å². The maximum Gasteiger partial charge on any atom is 0.254 e. The van der Waals surface area contributed by atoms with Crippen LogP contribution in [-0.2, 0) is 11.2 Å². The third-order valence-corrected chi connectivity index (χ3v) is 5.54. The number of nitrogens with zero attached hydrogens (tertiary/aromatic N) is 1. The smallest absolute Gasteiger partial charge is 0.254 e. The quantitative estimate of drug-likeness (QED) is 0.792. The van der Waals surface area contributed by atoms with E-state index in [1.807, 2.05) is 29.2 Å². The molecular weight excluding hydrogens is 384 g/mol. The van der Waals surface area contributed by atoms with Gasteiger partial charge in [0.25, 0.3) is 5.91 Å². The molecule has 0 spiro atoms. The zero-order valence-corrected chi connectivity index (χ0v) is 17.1. The van der Waals surface area contributed by atoms with Crippen LogP contribution in [-0.4, -0.2) is 50.3 Å². The molecule has 0 aromatic heterocycles. The number of hydrogen-bond donors (Lipinski definition) is 1. The number of carbonyl (C=O) groups excluding carboxylic acids is 2. The number of nitrogens with one attached hydrogen (secondary N) is 1. The van der Waals surface area contributed by atoms with Crippen LogP contribution in [0.1, 0.15) is 28.8 Å². The van der Waals surface area contributed by atoms with Gasteiger partial charge in [-0.1, -0.05) is 12.1 Å². The highest BCUT2D eigenvalue weighted by Crippen LogP contribution is 2.33. The van der Waals surface area contributed by atoms with E-state index < -0.39 is 0 Å². The van der Waals surface area contributed by atoms with Gasteiger partial charge in [0, 0.05) is 25.2 Å². The third-order valence-electron chi connectivity index (χ3n) is 5.54. The van der Waals surface area contributed by atoms with Crippen molar-refractivity contribution in [2.75, 3.05) is 33.5 Å². The lowest BCUT2D eigenvalue weighted by molar-refractivity contribution is -0.120. The fourth-order valence-electron chi connectivity index (χ4n) is 3.88. The zero-order chi connectivity index (χ0) is 20.9. The van der Waals surface area contributed by atoms with Gasteiger partial charge in [-0.3, -0.25) is 9.59 Å². The highest BCUT2D eigenvalue weighted by atomic mass is 16.7. The first-order valence-electron chi connectivity index (χ1n) is 10.2. The fraction of sp³-hybridized carbons (Fsp3) is 0.391. The van der Waals surface area contributed by atoms with Crippen LogP contribution in [0.15, 0.2) is 42.5 Å². The van der Waals surface area contributed by atoms with Crippen molar-refractivity contribution in [1.82, 2.24) is 10.2 Å². The van der Waals surface area contributed by atoms with Gasteiger partial charge in [-0.25, -0.2) is 0 Å². The Morgan fingerprint density at radius 2 is 1.93 bits per heavy atom. The van der Waals surface area contributed by atoms with E-state index in [2.05, 4.69) is 5.32 Å². The summed E-state index contributed by atoms with van der Waals surface area (Å²) >= 11 is 0. The van der Waals surface area contributed by atoms with Crippen molar-refractivity contribution >= 4 is 11.8 Å². The molecule has 7 nitrogen and oxygen atoms in total. The minimum atomic E-state index is -0.0145. The van der Waals surface area contributed by atoms with Crippen LogP contribution in [0.3, 0.4) is 0 Å². The molecule has 1 fully saturated rings. The van der Waals surface area contributed by atoms with Crippen molar-refractivity contribution in [3.63, 3.8) is 0 Å². The highest BCUT2D eigenvalue weighted by molar-refractivity contribution is 5.95. The molecule has 2 amide bonds. The molecule has 2 aromatic carbocycles. The van der Waals surface area contributed by atoms with Gasteiger partial charge in [0.1, 0.15) is 5.75 Å². The number of carbonyl (C=O) groups is 2. The number of piperidine rings is 1. The first kappa shape index (κ1) is 20.1. The van der Waals surface area contributed by atoms with E-state index in [1.165, 1.54) is 0 Å². The minimum Gasteiger partial charge on any atom is -0.497 e. The molecule has 1 N–H and O–H groups in total. The molecule has 30 heavy (non-hydrogen) atoms. The van der Waals surface area contributed by atoms with E-state index in [0.717, 1.165) is 30.7 Å². The molecule has 0 saturated carbocycles. The van der Waals surface area contributed by atoms with Crippen molar-refractivity contribution in [2.45, 2.75) is 19.3 Å². The summed E-state index contributed by atoms with van der Waals surface area (Å²) in [6.07, 6.45) is 2.25. The van der Waals surface area contributed by atoms with Crippen LogP contribution in [0.25, 0.3) is 0 Å². The maximum absolute atomic E-state index is 12.9. The molecular formula is C23H26N2O5. The second-order valence-electron chi connectivity index (χ2n) is 7.66. The van der Waals surface area contributed by atoms with Gasteiger partial charge >= 0.3 is 0 Å². The number of ether oxygens (including phenoxy) is 3. The Morgan fingerprint density at radius 1 is 1.13 bits per heavy atom. The summed E-state index contributed by atoms with van der Waals surface area (Å²) in [5.41, 5.74) is 1.54. The highest BCUT2D eigenvalue weighted by Gasteiger charge is 2.26. The largest absolute Gasteiger partial charge is 0.497 e. The van der Waals surface area contributed by atoms with Crippen LogP contribution < -0.4 is 19.5 Å². The number of benzene rings is 2. The summed E-state index contributed by atoms with van der Waals surface area (Å²) < 4.78 is 15.8. The number of fused-ring (bicyclic) bond motifs is 1. The van der Waals surface area contributed by atoms with Crippen LogP contribution in [0.4, 0.5) is 0 Å². The molecule has 0 radical (unpaired) electrons. The second-order valence-corrected chi connectivity index (χ2v) is 7.66. The molecule has 2 heterocycles. The maximum atomic E-state index is 12.9. The number of likely N-dealkylation sites (tertiary alicyclic amines) is 1. The van der Waals surface area contributed by atoms with Crippen molar-refractivity contribution in [3.05, 3.63) is 53.6 Å². The van der Waals surface area contributed by atoms with Gasteiger partial charge in [0.2, 0.25) is 12.7 Å². The fourth-order valence-corrected chi connectivity index (χ4v) is 3.88. The Morgan fingerprint density at radius 3 is 2.73 bits per heavy atom. The Bertz CT molecular complexity index is 912. The van der Waals surface area contributed by atoms with Gasteiger partial charge in [0.05, 0.1) is 13.5 Å². The van der Waals surface area contributed by atoms with Crippen molar-refractivity contribution in [2.24, 2.45) is 5.92 Å². The normalized spacial score (nSPS) is 17.5. The Labute approximate surface area is 175 Å². The number of hydrogen-bond acceptors (Lipinski definition) is 5. The monoisotopic (exact) mass is 410 g/mol. The first-order chi connectivity index (χ1) is 14.6. The average molecular weight is 410 g/mol. The summed E-state index contributed by atoms with van der Waals surface area (Å²) in [5.74, 6) is 2.27. The number of amides is 2. The Balaban J connectivity index is 1.28. The van der Waals surface area contributed by atoms with Crippen molar-refractivity contribution in [1.29, 1.82) is 0 Å². The topological polar surface area (TPSA) is 77.1 Å². The van der Waals surface area contributed by atoms with Crippen molar-refractivity contribution < 1.29 is 23.8 Å². The number of rotatable bonds is 6. The van der Waals surface area contributed by atoms with Crippen LogP contribution in [0.2, 0.25) is 0 Å². The predicted molar refractivity (Wildman–Crippen MR) is 111 cm³/mol. The van der Waals surface area contributed by atoms with Crippen LogP contribution >= 0.6 is 0 Å². The molecule has 0 unspecified atom stereocenters. The van der Waals surface area contributed by atoms with Gasteiger partial charge < -0.3 is 24.4 Å². The summed E-state index contributed by atoms with van der Waals surface area (Å²) in [6, 6.07) is 12.8. The zero-order valence-electron chi connectivity index (χ0n) is 17.1. The molecule has 2 aliphatic rings. The van der Waals surface area contributed by atoms with E-state index >= 15 is 0 Å². The summed E-state index contributed by atoms with van der Waals surface area (Å²) in [6.45, 7) is 2.12. The molecule has 7 heteroatoms. The Hall–Kier alpha value is -3.22. The molecule has 4 rings (SSSR count). The van der Waals surface area contributed by atoms with E-state index in [0.29, 0.717) is 36.6 Å².